The highest BCUT2D eigenvalue weighted by Crippen LogP contribution is 2.43. The van der Waals surface area contributed by atoms with Gasteiger partial charge in [-0.1, -0.05) is 0 Å². The number of H-pyrrole nitrogens is 1. The van der Waals surface area contributed by atoms with Crippen molar-refractivity contribution in [1.29, 1.82) is 0 Å². The number of fused-ring (bicyclic) bond motifs is 1. The van der Waals surface area contributed by atoms with E-state index in [1.165, 1.54) is 6.20 Å². The standard InChI is InChI=1S/C29H31F2N7O4/c1-17-22(16-34-27-24(17)32-8-13-42-27)36-21-6-7-33-25(39)23(21)26(40)35-19-2-4-20(5-3-19)37-9-11-38(12-10-37)28(41)18-14-29(30,31)15-18/h2-7,16,18,32H,8-15H2,1H3,(H,35,40)(H2,33,36,39). The van der Waals surface area contributed by atoms with Gasteiger partial charge in [0.2, 0.25) is 17.7 Å². The molecule has 0 spiro atoms. The molecule has 2 aromatic heterocycles. The summed E-state index contributed by atoms with van der Waals surface area (Å²) in [6.07, 6.45) is 2.35. The fourth-order valence-electron chi connectivity index (χ4n) is 5.53. The van der Waals surface area contributed by atoms with Crippen LogP contribution in [-0.4, -0.2) is 71.9 Å². The molecule has 2 amide bonds. The van der Waals surface area contributed by atoms with Gasteiger partial charge in [-0.05, 0) is 37.3 Å². The number of ether oxygens (including phenoxy) is 1. The molecular formula is C29H31F2N7O4. The Balaban J connectivity index is 1.10. The maximum atomic E-state index is 13.3. The Morgan fingerprint density at radius 1 is 1.07 bits per heavy atom. The number of anilines is 5. The number of alkyl halides is 2. The number of halogens is 2. The molecule has 0 bridgehead atoms. The SMILES string of the molecule is Cc1c(Nc2cc[nH]c(=O)c2C(=O)Nc2ccc(N3CCN(C(=O)C4CC(F)(F)C4)CC3)cc2)cnc2c1NCCO2. The molecule has 220 valence electrons. The Hall–Kier alpha value is -4.68. The lowest BCUT2D eigenvalue weighted by Gasteiger charge is -2.41. The van der Waals surface area contributed by atoms with Crippen LogP contribution in [0.3, 0.4) is 0 Å². The van der Waals surface area contributed by atoms with Crippen LogP contribution in [0.15, 0.2) is 47.5 Å². The summed E-state index contributed by atoms with van der Waals surface area (Å²) in [6, 6.07) is 8.81. The van der Waals surface area contributed by atoms with Gasteiger partial charge in [-0.3, -0.25) is 14.4 Å². The third-order valence-corrected chi connectivity index (χ3v) is 7.92. The summed E-state index contributed by atoms with van der Waals surface area (Å²) < 4.78 is 31.9. The van der Waals surface area contributed by atoms with Gasteiger partial charge in [-0.25, -0.2) is 13.8 Å². The molecule has 0 atom stereocenters. The van der Waals surface area contributed by atoms with Gasteiger partial charge in [0.15, 0.2) is 0 Å². The van der Waals surface area contributed by atoms with Crippen LogP contribution in [0.2, 0.25) is 0 Å². The molecule has 13 heteroatoms. The number of nitrogens with one attached hydrogen (secondary N) is 4. The van der Waals surface area contributed by atoms with Crippen molar-refractivity contribution >= 4 is 40.3 Å². The monoisotopic (exact) mass is 579 g/mol. The predicted molar refractivity (Wildman–Crippen MR) is 154 cm³/mol. The Morgan fingerprint density at radius 3 is 2.52 bits per heavy atom. The van der Waals surface area contributed by atoms with Gasteiger partial charge in [0.25, 0.3) is 11.5 Å². The third kappa shape index (κ3) is 5.46. The molecule has 2 aliphatic heterocycles. The molecule has 1 saturated heterocycles. The van der Waals surface area contributed by atoms with Gasteiger partial charge in [0.05, 0.1) is 17.6 Å². The number of nitrogens with zero attached hydrogens (tertiary/aromatic N) is 3. The van der Waals surface area contributed by atoms with E-state index in [0.717, 1.165) is 16.9 Å². The third-order valence-electron chi connectivity index (χ3n) is 7.92. The van der Waals surface area contributed by atoms with E-state index in [4.69, 9.17) is 4.74 Å². The molecule has 11 nitrogen and oxygen atoms in total. The highest BCUT2D eigenvalue weighted by Gasteiger charge is 2.49. The highest BCUT2D eigenvalue weighted by atomic mass is 19.3. The van der Waals surface area contributed by atoms with Crippen LogP contribution < -0.4 is 31.1 Å². The number of hydrogen-bond acceptors (Lipinski definition) is 8. The van der Waals surface area contributed by atoms with Crippen molar-refractivity contribution in [3.63, 3.8) is 0 Å². The summed E-state index contributed by atoms with van der Waals surface area (Å²) in [5.41, 5.74) is 3.35. The topological polar surface area (TPSA) is 132 Å². The number of pyridine rings is 2. The van der Waals surface area contributed by atoms with Gasteiger partial charge in [-0.15, -0.1) is 0 Å². The van der Waals surface area contributed by atoms with Crippen LogP contribution in [0.1, 0.15) is 28.8 Å². The van der Waals surface area contributed by atoms with E-state index in [1.807, 2.05) is 19.1 Å². The minimum absolute atomic E-state index is 0.0760. The van der Waals surface area contributed by atoms with Crippen LogP contribution in [0.25, 0.3) is 0 Å². The number of aromatic amines is 1. The fourth-order valence-corrected chi connectivity index (χ4v) is 5.53. The maximum Gasteiger partial charge on any atom is 0.263 e. The first-order chi connectivity index (χ1) is 20.2. The Bertz CT molecular complexity index is 1560. The summed E-state index contributed by atoms with van der Waals surface area (Å²) in [7, 11) is 0. The number of piperazine rings is 1. The number of benzene rings is 1. The Morgan fingerprint density at radius 2 is 1.81 bits per heavy atom. The predicted octanol–water partition coefficient (Wildman–Crippen LogP) is 3.57. The smallest absolute Gasteiger partial charge is 0.263 e. The van der Waals surface area contributed by atoms with Crippen LogP contribution >= 0.6 is 0 Å². The van der Waals surface area contributed by atoms with Crippen molar-refractivity contribution in [2.45, 2.75) is 25.7 Å². The van der Waals surface area contributed by atoms with E-state index >= 15 is 0 Å². The first kappa shape index (κ1) is 27.5. The molecule has 4 N–H and O–H groups in total. The summed E-state index contributed by atoms with van der Waals surface area (Å²) in [6.45, 7) is 5.15. The Labute approximate surface area is 240 Å². The zero-order valence-corrected chi connectivity index (χ0v) is 23.0. The molecule has 1 aliphatic carbocycles. The second-order valence-corrected chi connectivity index (χ2v) is 10.7. The molecule has 0 unspecified atom stereocenters. The van der Waals surface area contributed by atoms with E-state index < -0.39 is 23.3 Å². The van der Waals surface area contributed by atoms with Gasteiger partial charge in [0, 0.05) is 74.6 Å². The zero-order valence-electron chi connectivity index (χ0n) is 23.0. The van der Waals surface area contributed by atoms with Crippen molar-refractivity contribution < 1.29 is 23.1 Å². The minimum atomic E-state index is -2.71. The molecule has 1 aromatic carbocycles. The molecule has 0 radical (unpaired) electrons. The van der Waals surface area contributed by atoms with Crippen LogP contribution in [-0.2, 0) is 4.79 Å². The minimum Gasteiger partial charge on any atom is -0.474 e. The maximum absolute atomic E-state index is 13.3. The van der Waals surface area contributed by atoms with Crippen LogP contribution in [0.4, 0.5) is 37.2 Å². The van der Waals surface area contributed by atoms with Crippen LogP contribution in [0, 0.1) is 12.8 Å². The first-order valence-electron chi connectivity index (χ1n) is 13.9. The van der Waals surface area contributed by atoms with Gasteiger partial charge < -0.3 is 35.5 Å². The number of hydrogen-bond donors (Lipinski definition) is 4. The van der Waals surface area contributed by atoms with E-state index in [2.05, 4.69) is 30.8 Å². The van der Waals surface area contributed by atoms with Gasteiger partial charge in [0.1, 0.15) is 17.9 Å². The average Bonchev–Trinajstić information content (AvgIpc) is 2.97. The number of amides is 2. The lowest BCUT2D eigenvalue weighted by Crippen LogP contribution is -2.53. The summed E-state index contributed by atoms with van der Waals surface area (Å²) >= 11 is 0. The average molecular weight is 580 g/mol. The molecule has 2 fully saturated rings. The fraction of sp³-hybridized carbons (Fsp3) is 0.379. The zero-order chi connectivity index (χ0) is 29.4. The second-order valence-electron chi connectivity index (χ2n) is 10.7. The highest BCUT2D eigenvalue weighted by molar-refractivity contribution is 6.08. The van der Waals surface area contributed by atoms with E-state index in [1.54, 1.807) is 29.3 Å². The van der Waals surface area contributed by atoms with E-state index in [0.29, 0.717) is 62.3 Å². The van der Waals surface area contributed by atoms with Crippen molar-refractivity contribution in [2.75, 3.05) is 60.2 Å². The molecule has 1 saturated carbocycles. The van der Waals surface area contributed by atoms with Crippen molar-refractivity contribution in [1.82, 2.24) is 14.9 Å². The second kappa shape index (κ2) is 11.0. The van der Waals surface area contributed by atoms with Gasteiger partial charge >= 0.3 is 0 Å². The molecular weight excluding hydrogens is 548 g/mol. The van der Waals surface area contributed by atoms with Crippen molar-refractivity contribution in [2.24, 2.45) is 5.92 Å². The molecule has 3 aromatic rings. The lowest BCUT2D eigenvalue weighted by molar-refractivity contribution is -0.160. The Kier molecular flexibility index (Phi) is 7.17. The molecule has 6 rings (SSSR count). The van der Waals surface area contributed by atoms with Crippen LogP contribution in [0.5, 0.6) is 5.88 Å². The van der Waals surface area contributed by atoms with E-state index in [-0.39, 0.29) is 24.3 Å². The number of aromatic nitrogens is 2. The van der Waals surface area contributed by atoms with Gasteiger partial charge in [-0.2, -0.15) is 0 Å². The summed E-state index contributed by atoms with van der Waals surface area (Å²) in [5.74, 6) is -3.55. The normalized spacial score (nSPS) is 17.8. The van der Waals surface area contributed by atoms with Crippen molar-refractivity contribution in [3.05, 3.63) is 64.2 Å². The number of rotatable bonds is 6. The largest absolute Gasteiger partial charge is 0.474 e. The van der Waals surface area contributed by atoms with Crippen molar-refractivity contribution in [3.8, 4) is 5.88 Å². The molecule has 42 heavy (non-hydrogen) atoms. The summed E-state index contributed by atoms with van der Waals surface area (Å²) in [4.78, 5) is 49.2. The van der Waals surface area contributed by atoms with E-state index in [9.17, 15) is 23.2 Å². The molecule has 3 aliphatic rings. The first-order valence-corrected chi connectivity index (χ1v) is 13.9. The molecule has 4 heterocycles. The number of carbonyl (C=O) groups is 2. The number of carbonyl (C=O) groups excluding carboxylic acids is 2. The quantitative estimate of drug-likeness (QED) is 0.349. The lowest BCUT2D eigenvalue weighted by atomic mass is 9.80. The summed E-state index contributed by atoms with van der Waals surface area (Å²) in [5, 5.41) is 9.23.